The fraction of sp³-hybridized carbons (Fsp3) is 0.577. The minimum Gasteiger partial charge on any atom is -0.347 e. The molecule has 1 aromatic carbocycles. The Balaban J connectivity index is 1.74. The highest BCUT2D eigenvalue weighted by molar-refractivity contribution is 7.90. The van der Waals surface area contributed by atoms with Crippen molar-refractivity contribution < 1.29 is 18.0 Å². The molecule has 3 rings (SSSR count). The number of fused-ring (bicyclic) bond motifs is 1. The molecular formula is C26H36N4O4S. The zero-order valence-electron chi connectivity index (χ0n) is 21.0. The molecular weight excluding hydrogens is 464 g/mol. The standard InChI is InChI=1S/C26H36N4O4S/c1-17(2)13-20(16-27)28-25(31)21-7-5-6-8-22(21)29-26(32)24-15-19-10-9-18(11-12-35(4,33)34)14-23(19)30(24)3/h9-10,14-15,17,20-22H,5-8,11-13H2,1-4H3,(H,28,31)(H,29,32). The Morgan fingerprint density at radius 2 is 1.91 bits per heavy atom. The van der Waals surface area contributed by atoms with Crippen molar-refractivity contribution in [1.29, 1.82) is 5.26 Å². The van der Waals surface area contributed by atoms with E-state index in [0.717, 1.165) is 29.3 Å². The summed E-state index contributed by atoms with van der Waals surface area (Å²) in [5, 5.41) is 16.3. The quantitative estimate of drug-likeness (QED) is 0.548. The van der Waals surface area contributed by atoms with Gasteiger partial charge in [0.05, 0.1) is 17.7 Å². The van der Waals surface area contributed by atoms with Crippen LogP contribution in [0.15, 0.2) is 24.3 Å². The van der Waals surface area contributed by atoms with Crippen LogP contribution < -0.4 is 10.6 Å². The highest BCUT2D eigenvalue weighted by atomic mass is 32.2. The number of amides is 2. The highest BCUT2D eigenvalue weighted by Gasteiger charge is 2.33. The van der Waals surface area contributed by atoms with E-state index in [1.807, 2.05) is 45.2 Å². The third-order valence-corrected chi connectivity index (χ3v) is 7.65. The number of nitrogens with one attached hydrogen (secondary N) is 2. The van der Waals surface area contributed by atoms with E-state index < -0.39 is 15.9 Å². The van der Waals surface area contributed by atoms with Gasteiger partial charge in [-0.3, -0.25) is 9.59 Å². The van der Waals surface area contributed by atoms with Crippen molar-refractivity contribution in [3.8, 4) is 6.07 Å². The number of aromatic nitrogens is 1. The van der Waals surface area contributed by atoms with Gasteiger partial charge < -0.3 is 15.2 Å². The summed E-state index contributed by atoms with van der Waals surface area (Å²) < 4.78 is 24.8. The fourth-order valence-electron chi connectivity index (χ4n) is 4.81. The summed E-state index contributed by atoms with van der Waals surface area (Å²) in [5.41, 5.74) is 2.23. The highest BCUT2D eigenvalue weighted by Crippen LogP contribution is 2.26. The molecule has 2 N–H and O–H groups in total. The van der Waals surface area contributed by atoms with Crippen LogP contribution in [0, 0.1) is 23.2 Å². The summed E-state index contributed by atoms with van der Waals surface area (Å²) in [4.78, 5) is 26.2. The largest absolute Gasteiger partial charge is 0.347 e. The van der Waals surface area contributed by atoms with Gasteiger partial charge in [-0.15, -0.1) is 0 Å². The van der Waals surface area contributed by atoms with Crippen LogP contribution >= 0.6 is 0 Å². The number of carbonyl (C=O) groups excluding carboxylic acids is 2. The SMILES string of the molecule is CC(C)CC(C#N)NC(=O)C1CCCCC1NC(=O)c1cc2ccc(CCS(C)(=O)=O)cc2n1C. The number of carbonyl (C=O) groups is 2. The molecule has 3 atom stereocenters. The lowest BCUT2D eigenvalue weighted by Gasteiger charge is -2.32. The van der Waals surface area contributed by atoms with Crippen LogP contribution in [0.4, 0.5) is 0 Å². The smallest absolute Gasteiger partial charge is 0.268 e. The molecule has 0 radical (unpaired) electrons. The van der Waals surface area contributed by atoms with Crippen molar-refractivity contribution in [3.63, 3.8) is 0 Å². The second kappa shape index (κ2) is 11.3. The van der Waals surface area contributed by atoms with E-state index in [2.05, 4.69) is 16.7 Å². The Kier molecular flexibility index (Phi) is 8.60. The molecule has 2 amide bonds. The minimum atomic E-state index is -3.06. The van der Waals surface area contributed by atoms with Gasteiger partial charge in [0.2, 0.25) is 5.91 Å². The van der Waals surface area contributed by atoms with E-state index in [-0.39, 0.29) is 29.5 Å². The van der Waals surface area contributed by atoms with Crippen LogP contribution in [-0.4, -0.2) is 48.9 Å². The molecule has 2 aromatic rings. The van der Waals surface area contributed by atoms with Gasteiger partial charge in [-0.05, 0) is 49.3 Å². The second-order valence-corrected chi connectivity index (χ2v) is 12.4. The molecule has 1 aromatic heterocycles. The fourth-order valence-corrected chi connectivity index (χ4v) is 5.41. The zero-order chi connectivity index (χ0) is 25.8. The van der Waals surface area contributed by atoms with E-state index in [9.17, 15) is 23.3 Å². The summed E-state index contributed by atoms with van der Waals surface area (Å²) in [6, 6.07) is 8.87. The molecule has 1 saturated carbocycles. The maximum atomic E-state index is 13.2. The van der Waals surface area contributed by atoms with Gasteiger partial charge in [0.15, 0.2) is 0 Å². The first-order chi connectivity index (χ1) is 16.5. The third-order valence-electron chi connectivity index (χ3n) is 6.70. The Morgan fingerprint density at radius 1 is 1.20 bits per heavy atom. The summed E-state index contributed by atoms with van der Waals surface area (Å²) >= 11 is 0. The molecule has 8 nitrogen and oxygen atoms in total. The number of rotatable bonds is 9. The van der Waals surface area contributed by atoms with Crippen molar-refractivity contribution in [2.45, 2.75) is 64.5 Å². The molecule has 190 valence electrons. The maximum absolute atomic E-state index is 13.2. The monoisotopic (exact) mass is 500 g/mol. The lowest BCUT2D eigenvalue weighted by Crippen LogP contribution is -2.50. The molecule has 0 aliphatic heterocycles. The summed E-state index contributed by atoms with van der Waals surface area (Å²) in [6.45, 7) is 4.03. The Labute approximate surface area is 208 Å². The number of hydrogen-bond donors (Lipinski definition) is 2. The van der Waals surface area contributed by atoms with Crippen LogP contribution in [0.1, 0.15) is 62.0 Å². The Hall–Kier alpha value is -2.86. The molecule has 3 unspecified atom stereocenters. The predicted molar refractivity (Wildman–Crippen MR) is 137 cm³/mol. The number of hydrogen-bond acceptors (Lipinski definition) is 5. The second-order valence-electron chi connectivity index (χ2n) is 10.2. The van der Waals surface area contributed by atoms with Gasteiger partial charge in [0.25, 0.3) is 5.91 Å². The molecule has 0 spiro atoms. The van der Waals surface area contributed by atoms with Crippen molar-refractivity contribution >= 4 is 32.6 Å². The lowest BCUT2D eigenvalue weighted by atomic mass is 9.83. The zero-order valence-corrected chi connectivity index (χ0v) is 21.8. The van der Waals surface area contributed by atoms with Gasteiger partial charge in [-0.1, -0.05) is 38.8 Å². The molecule has 0 bridgehead atoms. The summed E-state index contributed by atoms with van der Waals surface area (Å²) in [6.07, 6.45) is 5.46. The van der Waals surface area contributed by atoms with Crippen molar-refractivity contribution in [2.24, 2.45) is 18.9 Å². The average molecular weight is 501 g/mol. The molecule has 1 heterocycles. The minimum absolute atomic E-state index is 0.0746. The average Bonchev–Trinajstić information content (AvgIpc) is 3.12. The first-order valence-electron chi connectivity index (χ1n) is 12.3. The van der Waals surface area contributed by atoms with Crippen LogP contribution in [0.2, 0.25) is 0 Å². The van der Waals surface area contributed by atoms with E-state index in [1.54, 1.807) is 4.57 Å². The van der Waals surface area contributed by atoms with Gasteiger partial charge in [-0.2, -0.15) is 5.26 Å². The van der Waals surface area contributed by atoms with E-state index >= 15 is 0 Å². The van der Waals surface area contributed by atoms with E-state index in [4.69, 9.17) is 0 Å². The van der Waals surface area contributed by atoms with E-state index in [1.165, 1.54) is 6.26 Å². The number of sulfone groups is 1. The molecule has 0 saturated heterocycles. The number of aryl methyl sites for hydroxylation is 2. The Morgan fingerprint density at radius 3 is 2.57 bits per heavy atom. The molecule has 1 aliphatic carbocycles. The first-order valence-corrected chi connectivity index (χ1v) is 14.3. The van der Waals surface area contributed by atoms with Crippen LogP contribution in [0.25, 0.3) is 10.9 Å². The number of benzene rings is 1. The summed E-state index contributed by atoms with van der Waals surface area (Å²) in [5.74, 6) is -0.418. The first kappa shape index (κ1) is 26.7. The van der Waals surface area contributed by atoms with Crippen LogP contribution in [0.3, 0.4) is 0 Å². The molecule has 1 aliphatic rings. The third kappa shape index (κ3) is 7.07. The summed E-state index contributed by atoms with van der Waals surface area (Å²) in [7, 11) is -1.25. The van der Waals surface area contributed by atoms with Crippen LogP contribution in [-0.2, 0) is 28.1 Å². The van der Waals surface area contributed by atoms with Crippen LogP contribution in [0.5, 0.6) is 0 Å². The topological polar surface area (TPSA) is 121 Å². The molecule has 35 heavy (non-hydrogen) atoms. The van der Waals surface area contributed by atoms with Gasteiger partial charge >= 0.3 is 0 Å². The van der Waals surface area contributed by atoms with Gasteiger partial charge in [-0.25, -0.2) is 8.42 Å². The maximum Gasteiger partial charge on any atom is 0.268 e. The Bertz CT molecular complexity index is 1230. The number of nitriles is 1. The number of nitrogens with zero attached hydrogens (tertiary/aromatic N) is 2. The van der Waals surface area contributed by atoms with Crippen molar-refractivity contribution in [3.05, 3.63) is 35.5 Å². The van der Waals surface area contributed by atoms with Gasteiger partial charge in [0.1, 0.15) is 21.6 Å². The van der Waals surface area contributed by atoms with Crippen molar-refractivity contribution in [1.82, 2.24) is 15.2 Å². The van der Waals surface area contributed by atoms with Gasteiger partial charge in [0, 0.05) is 30.2 Å². The van der Waals surface area contributed by atoms with E-state index in [0.29, 0.717) is 37.3 Å². The lowest BCUT2D eigenvalue weighted by molar-refractivity contribution is -0.127. The predicted octanol–water partition coefficient (Wildman–Crippen LogP) is 3.11. The van der Waals surface area contributed by atoms with Crippen molar-refractivity contribution in [2.75, 3.05) is 12.0 Å². The normalized spacial score (nSPS) is 19.3. The molecule has 1 fully saturated rings. The molecule has 9 heteroatoms.